The molecule has 0 unspecified atom stereocenters. The fourth-order valence-electron chi connectivity index (χ4n) is 2.89. The minimum atomic E-state index is -0.227. The lowest BCUT2D eigenvalue weighted by molar-refractivity contribution is 0.103. The third-order valence-corrected chi connectivity index (χ3v) is 5.95. The molecule has 136 valence electrons. The fraction of sp³-hybridized carbons (Fsp3) is 0.100. The topological polar surface area (TPSA) is 51.2 Å². The van der Waals surface area contributed by atoms with E-state index in [2.05, 4.69) is 16.4 Å². The Hall–Kier alpha value is -2.34. The zero-order valence-corrected chi connectivity index (χ0v) is 16.8. The smallest absolute Gasteiger partial charge is 0.265 e. The van der Waals surface area contributed by atoms with E-state index in [0.717, 1.165) is 26.6 Å². The number of anilines is 1. The number of thiophene rings is 1. The molecule has 7 heteroatoms. The van der Waals surface area contributed by atoms with E-state index in [4.69, 9.17) is 27.9 Å². The number of nitrogens with zero attached hydrogens (tertiary/aromatic N) is 1. The monoisotopic (exact) mass is 416 g/mol. The van der Waals surface area contributed by atoms with Gasteiger partial charge in [-0.1, -0.05) is 34.8 Å². The Labute approximate surface area is 169 Å². The van der Waals surface area contributed by atoms with Crippen LogP contribution in [-0.4, -0.2) is 18.0 Å². The van der Waals surface area contributed by atoms with Crippen molar-refractivity contribution in [1.29, 1.82) is 0 Å². The van der Waals surface area contributed by atoms with Crippen molar-refractivity contribution in [3.63, 3.8) is 0 Å². The SMILES string of the molecule is COc1ccc(NC(=O)c2cc3c(Cl)nc4ccc(C)cc4c3s2)cc1Cl. The van der Waals surface area contributed by atoms with Crippen LogP contribution in [0.4, 0.5) is 5.69 Å². The van der Waals surface area contributed by atoms with Gasteiger partial charge >= 0.3 is 0 Å². The molecule has 4 rings (SSSR count). The predicted octanol–water partition coefficient (Wildman–Crippen LogP) is 6.33. The molecule has 0 fully saturated rings. The first kappa shape index (κ1) is 18.0. The van der Waals surface area contributed by atoms with Gasteiger partial charge in [0, 0.05) is 21.2 Å². The maximum atomic E-state index is 12.7. The molecule has 0 aliphatic heterocycles. The number of hydrogen-bond donors (Lipinski definition) is 1. The molecule has 0 spiro atoms. The third kappa shape index (κ3) is 3.34. The lowest BCUT2D eigenvalue weighted by Crippen LogP contribution is -2.09. The first-order valence-electron chi connectivity index (χ1n) is 8.10. The second kappa shape index (κ2) is 7.00. The normalized spacial score (nSPS) is 11.1. The fourth-order valence-corrected chi connectivity index (χ4v) is 4.52. The van der Waals surface area contributed by atoms with Crippen LogP contribution < -0.4 is 10.1 Å². The van der Waals surface area contributed by atoms with Gasteiger partial charge in [-0.2, -0.15) is 0 Å². The third-order valence-electron chi connectivity index (χ3n) is 4.20. The van der Waals surface area contributed by atoms with Crippen molar-refractivity contribution >= 4 is 67.1 Å². The van der Waals surface area contributed by atoms with Crippen LogP contribution in [0.2, 0.25) is 10.2 Å². The van der Waals surface area contributed by atoms with Crippen LogP contribution in [-0.2, 0) is 0 Å². The van der Waals surface area contributed by atoms with Gasteiger partial charge in [-0.15, -0.1) is 11.3 Å². The van der Waals surface area contributed by atoms with Crippen molar-refractivity contribution in [1.82, 2.24) is 4.98 Å². The second-order valence-electron chi connectivity index (χ2n) is 6.08. The molecular weight excluding hydrogens is 403 g/mol. The quantitative estimate of drug-likeness (QED) is 0.397. The second-order valence-corrected chi connectivity index (χ2v) is 7.90. The number of fused-ring (bicyclic) bond motifs is 3. The van der Waals surface area contributed by atoms with Crippen molar-refractivity contribution in [3.05, 3.63) is 63.1 Å². The Balaban J connectivity index is 1.74. The van der Waals surface area contributed by atoms with Crippen LogP contribution in [0.5, 0.6) is 5.75 Å². The van der Waals surface area contributed by atoms with Gasteiger partial charge in [0.05, 0.1) is 22.5 Å². The molecule has 0 saturated carbocycles. The maximum Gasteiger partial charge on any atom is 0.265 e. The summed E-state index contributed by atoms with van der Waals surface area (Å²) in [6.45, 7) is 2.02. The first-order chi connectivity index (χ1) is 13.0. The van der Waals surface area contributed by atoms with Gasteiger partial charge < -0.3 is 10.1 Å². The Morgan fingerprint density at radius 3 is 2.67 bits per heavy atom. The van der Waals surface area contributed by atoms with Gasteiger partial charge in [-0.05, 0) is 43.3 Å². The number of aryl methyl sites for hydroxylation is 1. The summed E-state index contributed by atoms with van der Waals surface area (Å²) < 4.78 is 6.08. The highest BCUT2D eigenvalue weighted by atomic mass is 35.5. The van der Waals surface area contributed by atoms with Crippen LogP contribution in [0.3, 0.4) is 0 Å². The molecule has 4 aromatic rings. The number of rotatable bonds is 3. The van der Waals surface area contributed by atoms with E-state index in [9.17, 15) is 4.79 Å². The summed E-state index contributed by atoms with van der Waals surface area (Å²) in [4.78, 5) is 17.7. The Morgan fingerprint density at radius 2 is 1.93 bits per heavy atom. The van der Waals surface area contributed by atoms with Crippen LogP contribution in [0.25, 0.3) is 21.0 Å². The lowest BCUT2D eigenvalue weighted by atomic mass is 10.1. The molecule has 0 bridgehead atoms. The van der Waals surface area contributed by atoms with Crippen molar-refractivity contribution in [3.8, 4) is 5.75 Å². The number of carbonyl (C=O) groups excluding carboxylic acids is 1. The maximum absolute atomic E-state index is 12.7. The molecule has 1 N–H and O–H groups in total. The molecule has 0 saturated heterocycles. The summed E-state index contributed by atoms with van der Waals surface area (Å²) in [5.74, 6) is 0.325. The number of aromatic nitrogens is 1. The number of pyridine rings is 1. The number of ether oxygens (including phenoxy) is 1. The first-order valence-corrected chi connectivity index (χ1v) is 9.68. The van der Waals surface area contributed by atoms with E-state index in [1.807, 2.05) is 19.1 Å². The Kier molecular flexibility index (Phi) is 4.68. The molecule has 1 amide bonds. The number of hydrogen-bond acceptors (Lipinski definition) is 4. The number of nitrogens with one attached hydrogen (secondary N) is 1. The molecule has 0 atom stereocenters. The van der Waals surface area contributed by atoms with Crippen LogP contribution in [0, 0.1) is 6.92 Å². The predicted molar refractivity (Wildman–Crippen MR) is 113 cm³/mol. The number of halogens is 2. The average Bonchev–Trinajstić information content (AvgIpc) is 3.09. The molecule has 4 nitrogen and oxygen atoms in total. The van der Waals surface area contributed by atoms with Crippen molar-refractivity contribution in [2.45, 2.75) is 6.92 Å². The van der Waals surface area contributed by atoms with Gasteiger partial charge in [0.15, 0.2) is 0 Å². The molecule has 0 aliphatic rings. The molecule has 0 aliphatic carbocycles. The number of amides is 1. The standard InChI is InChI=1S/C20H14Cl2N2O2S/c1-10-3-5-15-12(7-10)18-13(19(22)24-15)9-17(27-18)20(25)23-11-4-6-16(26-2)14(21)8-11/h3-9H,1-2H3,(H,23,25). The Bertz CT molecular complexity index is 1200. The highest BCUT2D eigenvalue weighted by Gasteiger charge is 2.16. The lowest BCUT2D eigenvalue weighted by Gasteiger charge is -2.07. The summed E-state index contributed by atoms with van der Waals surface area (Å²) in [5, 5.41) is 5.45. The van der Waals surface area contributed by atoms with Gasteiger partial charge in [-0.3, -0.25) is 4.79 Å². The van der Waals surface area contributed by atoms with Crippen LogP contribution >= 0.6 is 34.5 Å². The summed E-state index contributed by atoms with van der Waals surface area (Å²) in [7, 11) is 1.54. The highest BCUT2D eigenvalue weighted by Crippen LogP contribution is 2.36. The molecule has 2 aromatic carbocycles. The molecule has 27 heavy (non-hydrogen) atoms. The molecule has 2 heterocycles. The zero-order chi connectivity index (χ0) is 19.1. The molecule has 0 radical (unpaired) electrons. The minimum Gasteiger partial charge on any atom is -0.495 e. The van der Waals surface area contributed by atoms with Gasteiger partial charge in [0.1, 0.15) is 10.9 Å². The number of methoxy groups -OCH3 is 1. The van der Waals surface area contributed by atoms with Gasteiger partial charge in [0.25, 0.3) is 5.91 Å². The number of benzene rings is 2. The van der Waals surface area contributed by atoms with Crippen LogP contribution in [0.15, 0.2) is 42.5 Å². The van der Waals surface area contributed by atoms with E-state index in [1.165, 1.54) is 11.3 Å². The van der Waals surface area contributed by atoms with E-state index >= 15 is 0 Å². The minimum absolute atomic E-state index is 0.227. The van der Waals surface area contributed by atoms with E-state index < -0.39 is 0 Å². The summed E-state index contributed by atoms with van der Waals surface area (Å²) >= 11 is 13.9. The van der Waals surface area contributed by atoms with E-state index in [0.29, 0.717) is 26.5 Å². The Morgan fingerprint density at radius 1 is 1.11 bits per heavy atom. The number of carbonyl (C=O) groups is 1. The zero-order valence-electron chi connectivity index (χ0n) is 14.5. The van der Waals surface area contributed by atoms with Gasteiger partial charge in [-0.25, -0.2) is 4.98 Å². The van der Waals surface area contributed by atoms with Gasteiger partial charge in [0.2, 0.25) is 0 Å². The van der Waals surface area contributed by atoms with Crippen molar-refractivity contribution < 1.29 is 9.53 Å². The van der Waals surface area contributed by atoms with E-state index in [-0.39, 0.29) is 5.91 Å². The summed E-state index contributed by atoms with van der Waals surface area (Å²) in [6, 6.07) is 12.9. The highest BCUT2D eigenvalue weighted by molar-refractivity contribution is 7.22. The van der Waals surface area contributed by atoms with Crippen LogP contribution in [0.1, 0.15) is 15.2 Å². The van der Waals surface area contributed by atoms with E-state index in [1.54, 1.807) is 31.4 Å². The largest absolute Gasteiger partial charge is 0.495 e. The average molecular weight is 417 g/mol. The molecule has 2 aromatic heterocycles. The summed E-state index contributed by atoms with van der Waals surface area (Å²) in [5.41, 5.74) is 2.53. The van der Waals surface area contributed by atoms with Crippen molar-refractivity contribution in [2.75, 3.05) is 12.4 Å². The molecular formula is C20H14Cl2N2O2S. The summed E-state index contributed by atoms with van der Waals surface area (Å²) in [6.07, 6.45) is 0. The van der Waals surface area contributed by atoms with Crippen molar-refractivity contribution in [2.24, 2.45) is 0 Å².